The van der Waals surface area contributed by atoms with Crippen LogP contribution in [0.25, 0.3) is 11.5 Å². The molecule has 0 amide bonds. The zero-order valence-corrected chi connectivity index (χ0v) is 16.0. The zero-order valence-electron chi connectivity index (χ0n) is 16.0. The third-order valence-electron chi connectivity index (χ3n) is 5.65. The summed E-state index contributed by atoms with van der Waals surface area (Å²) in [5, 5.41) is 8.41. The van der Waals surface area contributed by atoms with Crippen molar-refractivity contribution in [1.82, 2.24) is 25.0 Å². The van der Waals surface area contributed by atoms with Crippen molar-refractivity contribution in [3.63, 3.8) is 0 Å². The minimum Gasteiger partial charge on any atom is -0.403 e. The summed E-state index contributed by atoms with van der Waals surface area (Å²) in [6.45, 7) is 10.2. The minimum absolute atomic E-state index is 0.482. The maximum absolute atomic E-state index is 5.87. The highest BCUT2D eigenvalue weighted by Gasteiger charge is 2.29. The first-order valence-corrected chi connectivity index (χ1v) is 9.99. The fourth-order valence-electron chi connectivity index (χ4n) is 4.08. The Labute approximate surface area is 160 Å². The van der Waals surface area contributed by atoms with E-state index in [9.17, 15) is 0 Å². The highest BCUT2D eigenvalue weighted by atomic mass is 16.4. The van der Waals surface area contributed by atoms with Gasteiger partial charge in [-0.2, -0.15) is 0 Å². The molecule has 0 aliphatic carbocycles. The molecule has 2 aliphatic rings. The molecule has 0 radical (unpaired) electrons. The van der Waals surface area contributed by atoms with Crippen molar-refractivity contribution in [1.29, 1.82) is 0 Å². The number of nitrogen functional groups attached to an aromatic ring is 1. The Morgan fingerprint density at radius 2 is 1.85 bits per heavy atom. The lowest BCUT2D eigenvalue weighted by Crippen LogP contribution is -2.53. The molecular weight excluding hydrogens is 342 g/mol. The van der Waals surface area contributed by atoms with Crippen LogP contribution >= 0.6 is 0 Å². The molecule has 4 heterocycles. The van der Waals surface area contributed by atoms with E-state index in [4.69, 9.17) is 10.2 Å². The van der Waals surface area contributed by atoms with Crippen LogP contribution in [0.15, 0.2) is 22.7 Å². The van der Waals surface area contributed by atoms with E-state index in [-0.39, 0.29) is 0 Å². The quantitative estimate of drug-likeness (QED) is 0.850. The van der Waals surface area contributed by atoms with E-state index < -0.39 is 0 Å². The van der Waals surface area contributed by atoms with Gasteiger partial charge in [0, 0.05) is 51.5 Å². The number of aromatic nitrogens is 3. The maximum atomic E-state index is 5.87. The smallest absolute Gasteiger partial charge is 0.318 e. The number of piperidine rings is 1. The van der Waals surface area contributed by atoms with Crippen LogP contribution in [0.3, 0.4) is 0 Å². The summed E-state index contributed by atoms with van der Waals surface area (Å²) in [6, 6.07) is 4.87. The number of anilines is 2. The third-order valence-corrected chi connectivity index (χ3v) is 5.65. The first-order valence-electron chi connectivity index (χ1n) is 9.99. The molecule has 2 fully saturated rings. The molecule has 8 heteroatoms. The average molecular weight is 371 g/mol. The van der Waals surface area contributed by atoms with Gasteiger partial charge in [0.2, 0.25) is 0 Å². The van der Waals surface area contributed by atoms with Crippen LogP contribution in [0.1, 0.15) is 26.2 Å². The van der Waals surface area contributed by atoms with Gasteiger partial charge in [0.25, 0.3) is 5.89 Å². The first-order chi connectivity index (χ1) is 13.2. The van der Waals surface area contributed by atoms with E-state index in [0.29, 0.717) is 23.8 Å². The third kappa shape index (κ3) is 4.22. The van der Waals surface area contributed by atoms with E-state index in [2.05, 4.69) is 36.8 Å². The molecular formula is C19H29N7O. The molecule has 2 aromatic heterocycles. The normalized spacial score (nSPS) is 20.3. The van der Waals surface area contributed by atoms with Crippen LogP contribution < -0.4 is 10.6 Å². The molecule has 0 bridgehead atoms. The number of rotatable bonds is 5. The highest BCUT2D eigenvalue weighted by Crippen LogP contribution is 2.25. The topological polar surface area (TPSA) is 87.5 Å². The Morgan fingerprint density at radius 1 is 1.07 bits per heavy atom. The van der Waals surface area contributed by atoms with Gasteiger partial charge in [-0.15, -0.1) is 5.10 Å². The lowest BCUT2D eigenvalue weighted by molar-refractivity contribution is 0.0846. The van der Waals surface area contributed by atoms with Gasteiger partial charge in [-0.3, -0.25) is 4.90 Å². The number of nitrogens with zero attached hydrogens (tertiary/aromatic N) is 6. The average Bonchev–Trinajstić information content (AvgIpc) is 3.20. The molecule has 2 saturated heterocycles. The molecule has 27 heavy (non-hydrogen) atoms. The molecule has 2 aromatic rings. The maximum Gasteiger partial charge on any atom is 0.318 e. The molecule has 0 atom stereocenters. The van der Waals surface area contributed by atoms with Crippen molar-refractivity contribution in [3.8, 4) is 11.5 Å². The minimum atomic E-state index is 0.482. The van der Waals surface area contributed by atoms with Gasteiger partial charge in [-0.1, -0.05) is 12.0 Å². The summed E-state index contributed by atoms with van der Waals surface area (Å²) in [6.07, 6.45) is 5.21. The largest absolute Gasteiger partial charge is 0.403 e. The van der Waals surface area contributed by atoms with E-state index in [1.807, 2.05) is 6.07 Å². The monoisotopic (exact) mass is 371 g/mol. The summed E-state index contributed by atoms with van der Waals surface area (Å²) in [4.78, 5) is 11.5. The zero-order chi connectivity index (χ0) is 18.6. The Kier molecular flexibility index (Phi) is 5.54. The predicted octanol–water partition coefficient (Wildman–Crippen LogP) is 1.71. The van der Waals surface area contributed by atoms with Crippen LogP contribution in [0, 0.1) is 0 Å². The number of hydrogen-bond donors (Lipinski definition) is 1. The molecule has 8 nitrogen and oxygen atoms in total. The van der Waals surface area contributed by atoms with Crippen molar-refractivity contribution in [2.45, 2.75) is 32.2 Å². The number of piperazine rings is 1. The van der Waals surface area contributed by atoms with Crippen LogP contribution in [-0.4, -0.2) is 76.8 Å². The molecule has 0 aromatic carbocycles. The molecule has 0 unspecified atom stereocenters. The fraction of sp³-hybridized carbons (Fsp3) is 0.632. The lowest BCUT2D eigenvalue weighted by atomic mass is 10.0. The van der Waals surface area contributed by atoms with Crippen molar-refractivity contribution in [3.05, 3.63) is 18.3 Å². The predicted molar refractivity (Wildman–Crippen MR) is 105 cm³/mol. The van der Waals surface area contributed by atoms with E-state index >= 15 is 0 Å². The SMILES string of the molecule is CCCN1CCN(C2CCN(c3nnc(-c4ccc(N)nc4)o3)CC2)CC1. The standard InChI is InChI=1S/C19H29N7O/c1-2-7-24-10-12-25(13-11-24)16-5-8-26(9-6-16)19-23-22-18(27-19)15-3-4-17(20)21-14-15/h3-4,14,16H,2,5-13H2,1H3,(H2,20,21). The Morgan fingerprint density at radius 3 is 2.52 bits per heavy atom. The summed E-state index contributed by atoms with van der Waals surface area (Å²) >= 11 is 0. The van der Waals surface area contributed by atoms with Gasteiger partial charge < -0.3 is 20.0 Å². The molecule has 2 aliphatic heterocycles. The van der Waals surface area contributed by atoms with E-state index in [1.165, 1.54) is 39.1 Å². The fourth-order valence-corrected chi connectivity index (χ4v) is 4.08. The lowest BCUT2D eigenvalue weighted by Gasteiger charge is -2.42. The second-order valence-electron chi connectivity index (χ2n) is 7.46. The van der Waals surface area contributed by atoms with Gasteiger partial charge >= 0.3 is 6.01 Å². The first kappa shape index (κ1) is 18.2. The van der Waals surface area contributed by atoms with Gasteiger partial charge in [-0.25, -0.2) is 4.98 Å². The van der Waals surface area contributed by atoms with Gasteiger partial charge in [0.1, 0.15) is 5.82 Å². The van der Waals surface area contributed by atoms with Crippen LogP contribution in [0.2, 0.25) is 0 Å². The number of hydrogen-bond acceptors (Lipinski definition) is 8. The van der Waals surface area contributed by atoms with Crippen molar-refractivity contribution < 1.29 is 4.42 Å². The van der Waals surface area contributed by atoms with Crippen LogP contribution in [0.4, 0.5) is 11.8 Å². The second kappa shape index (κ2) is 8.22. The van der Waals surface area contributed by atoms with Crippen LogP contribution in [0.5, 0.6) is 0 Å². The van der Waals surface area contributed by atoms with Crippen molar-refractivity contribution in [2.24, 2.45) is 0 Å². The Bertz CT molecular complexity index is 716. The van der Waals surface area contributed by atoms with Crippen molar-refractivity contribution >= 4 is 11.8 Å². The summed E-state index contributed by atoms with van der Waals surface area (Å²) in [5.41, 5.74) is 6.43. The molecule has 146 valence electrons. The van der Waals surface area contributed by atoms with Crippen molar-refractivity contribution in [2.75, 3.05) is 56.4 Å². The number of nitrogens with two attached hydrogens (primary N) is 1. The Balaban J connectivity index is 1.30. The van der Waals surface area contributed by atoms with Crippen LogP contribution in [-0.2, 0) is 0 Å². The Hall–Kier alpha value is -2.19. The van der Waals surface area contributed by atoms with E-state index in [0.717, 1.165) is 31.5 Å². The molecule has 0 spiro atoms. The van der Waals surface area contributed by atoms with Gasteiger partial charge in [-0.05, 0) is 37.9 Å². The van der Waals surface area contributed by atoms with Gasteiger partial charge in [0.05, 0.1) is 5.56 Å². The molecule has 4 rings (SSSR count). The summed E-state index contributed by atoms with van der Waals surface area (Å²) in [5.74, 6) is 0.975. The van der Waals surface area contributed by atoms with Gasteiger partial charge in [0.15, 0.2) is 0 Å². The summed E-state index contributed by atoms with van der Waals surface area (Å²) in [7, 11) is 0. The number of pyridine rings is 1. The van der Waals surface area contributed by atoms with E-state index in [1.54, 1.807) is 12.3 Å². The second-order valence-corrected chi connectivity index (χ2v) is 7.46. The molecule has 2 N–H and O–H groups in total. The highest BCUT2D eigenvalue weighted by molar-refractivity contribution is 5.54. The summed E-state index contributed by atoms with van der Waals surface area (Å²) < 4.78 is 5.87. The molecule has 0 saturated carbocycles.